The van der Waals surface area contributed by atoms with Gasteiger partial charge >= 0.3 is 0 Å². The van der Waals surface area contributed by atoms with Crippen LogP contribution in [0.5, 0.6) is 17.2 Å². The van der Waals surface area contributed by atoms with Crippen LogP contribution in [-0.2, 0) is 4.79 Å². The molecule has 2 aromatic carbocycles. The Morgan fingerprint density at radius 3 is 2.85 bits per heavy atom. The maximum absolute atomic E-state index is 12.4. The van der Waals surface area contributed by atoms with E-state index in [2.05, 4.69) is 5.32 Å². The molecular weight excluding hydrogens is 334 g/mol. The standard InChI is InChI=1S/C20H19NO5/c1-3-25-18-8-5-13(10-19(18)24-2)4-7-16(22)14-6-9-17-15(11-14)21-20(23)12-26-17/h4-11H,3,12H2,1-2H3,(H,21,23)/b7-4+. The number of carbonyl (C=O) groups excluding carboxylic acids is 2. The van der Waals surface area contributed by atoms with E-state index in [1.807, 2.05) is 13.0 Å². The smallest absolute Gasteiger partial charge is 0.262 e. The van der Waals surface area contributed by atoms with Crippen molar-refractivity contribution >= 4 is 23.5 Å². The van der Waals surface area contributed by atoms with Crippen LogP contribution in [0.4, 0.5) is 5.69 Å². The second-order valence-corrected chi connectivity index (χ2v) is 5.59. The van der Waals surface area contributed by atoms with Crippen LogP contribution in [0.3, 0.4) is 0 Å². The van der Waals surface area contributed by atoms with E-state index in [-0.39, 0.29) is 18.3 Å². The minimum atomic E-state index is -0.237. The molecule has 0 unspecified atom stereocenters. The Bertz CT molecular complexity index is 873. The van der Waals surface area contributed by atoms with E-state index in [0.717, 1.165) is 5.56 Å². The lowest BCUT2D eigenvalue weighted by Gasteiger charge is -2.17. The van der Waals surface area contributed by atoms with Gasteiger partial charge in [0.1, 0.15) is 5.75 Å². The lowest BCUT2D eigenvalue weighted by atomic mass is 10.1. The minimum Gasteiger partial charge on any atom is -0.493 e. The third-order valence-electron chi connectivity index (χ3n) is 3.81. The molecule has 3 rings (SSSR count). The number of anilines is 1. The predicted octanol–water partition coefficient (Wildman–Crippen LogP) is 3.32. The van der Waals surface area contributed by atoms with Crippen molar-refractivity contribution in [2.24, 2.45) is 0 Å². The lowest BCUT2D eigenvalue weighted by molar-refractivity contribution is -0.118. The first-order valence-electron chi connectivity index (χ1n) is 8.20. The Kier molecular flexibility index (Phi) is 5.22. The summed E-state index contributed by atoms with van der Waals surface area (Å²) >= 11 is 0. The molecule has 6 heteroatoms. The fourth-order valence-corrected chi connectivity index (χ4v) is 2.57. The van der Waals surface area contributed by atoms with Gasteiger partial charge in [0, 0.05) is 5.56 Å². The molecule has 0 fully saturated rings. The molecule has 1 heterocycles. The van der Waals surface area contributed by atoms with Crippen molar-refractivity contribution in [3.63, 3.8) is 0 Å². The van der Waals surface area contributed by atoms with Gasteiger partial charge in [0.15, 0.2) is 23.9 Å². The zero-order valence-electron chi connectivity index (χ0n) is 14.6. The van der Waals surface area contributed by atoms with Gasteiger partial charge in [0.05, 0.1) is 19.4 Å². The zero-order chi connectivity index (χ0) is 18.5. The highest BCUT2D eigenvalue weighted by Gasteiger charge is 2.17. The van der Waals surface area contributed by atoms with E-state index in [1.54, 1.807) is 43.5 Å². The first kappa shape index (κ1) is 17.5. The molecule has 1 aliphatic heterocycles. The number of methoxy groups -OCH3 is 1. The van der Waals surface area contributed by atoms with Crippen LogP contribution in [0.1, 0.15) is 22.8 Å². The van der Waals surface area contributed by atoms with E-state index < -0.39 is 0 Å². The highest BCUT2D eigenvalue weighted by Crippen LogP contribution is 2.30. The third kappa shape index (κ3) is 3.85. The van der Waals surface area contributed by atoms with Gasteiger partial charge in [-0.3, -0.25) is 9.59 Å². The lowest BCUT2D eigenvalue weighted by Crippen LogP contribution is -2.25. The van der Waals surface area contributed by atoms with Crippen LogP contribution in [0, 0.1) is 0 Å². The van der Waals surface area contributed by atoms with Crippen molar-refractivity contribution in [3.05, 3.63) is 53.6 Å². The van der Waals surface area contributed by atoms with Crippen LogP contribution >= 0.6 is 0 Å². The normalized spacial score (nSPS) is 12.9. The SMILES string of the molecule is CCOc1ccc(/C=C/C(=O)c2ccc3c(c2)NC(=O)CO3)cc1OC. The van der Waals surface area contributed by atoms with Crippen LogP contribution in [0.15, 0.2) is 42.5 Å². The van der Waals surface area contributed by atoms with Crippen LogP contribution in [0.2, 0.25) is 0 Å². The molecule has 0 spiro atoms. The Morgan fingerprint density at radius 1 is 1.23 bits per heavy atom. The molecule has 2 aromatic rings. The monoisotopic (exact) mass is 353 g/mol. The third-order valence-corrected chi connectivity index (χ3v) is 3.81. The van der Waals surface area contributed by atoms with Gasteiger partial charge < -0.3 is 19.5 Å². The summed E-state index contributed by atoms with van der Waals surface area (Å²) in [5.74, 6) is 1.40. The molecule has 0 aliphatic carbocycles. The number of nitrogens with one attached hydrogen (secondary N) is 1. The highest BCUT2D eigenvalue weighted by molar-refractivity contribution is 6.08. The van der Waals surface area contributed by atoms with Gasteiger partial charge in [0.2, 0.25) is 0 Å². The summed E-state index contributed by atoms with van der Waals surface area (Å²) in [7, 11) is 1.57. The number of rotatable bonds is 6. The minimum absolute atomic E-state index is 0.0141. The van der Waals surface area contributed by atoms with Crippen LogP contribution in [0.25, 0.3) is 6.08 Å². The molecule has 26 heavy (non-hydrogen) atoms. The maximum atomic E-state index is 12.4. The Balaban J connectivity index is 1.77. The number of ether oxygens (including phenoxy) is 3. The van der Waals surface area contributed by atoms with Gasteiger partial charge in [-0.15, -0.1) is 0 Å². The topological polar surface area (TPSA) is 73.9 Å². The summed E-state index contributed by atoms with van der Waals surface area (Å²) in [6.45, 7) is 2.43. The molecule has 1 aliphatic rings. The van der Waals surface area contributed by atoms with E-state index in [9.17, 15) is 9.59 Å². The van der Waals surface area contributed by atoms with Gasteiger partial charge in [-0.25, -0.2) is 0 Å². The second-order valence-electron chi connectivity index (χ2n) is 5.59. The summed E-state index contributed by atoms with van der Waals surface area (Å²) in [5.41, 5.74) is 1.78. The van der Waals surface area contributed by atoms with Crippen molar-refractivity contribution in [1.82, 2.24) is 0 Å². The van der Waals surface area contributed by atoms with Gasteiger partial charge in [0.25, 0.3) is 5.91 Å². The fraction of sp³-hybridized carbons (Fsp3) is 0.200. The summed E-state index contributed by atoms with van der Waals surface area (Å²) in [4.78, 5) is 23.8. The van der Waals surface area contributed by atoms with Gasteiger partial charge in [-0.1, -0.05) is 12.1 Å². The van der Waals surface area contributed by atoms with Crippen LogP contribution < -0.4 is 19.5 Å². The number of amides is 1. The van der Waals surface area contributed by atoms with Crippen molar-refractivity contribution < 1.29 is 23.8 Å². The first-order chi connectivity index (χ1) is 12.6. The fourth-order valence-electron chi connectivity index (χ4n) is 2.57. The molecule has 0 atom stereocenters. The summed E-state index contributed by atoms with van der Waals surface area (Å²) < 4.78 is 16.1. The quantitative estimate of drug-likeness (QED) is 0.637. The number of carbonyl (C=O) groups is 2. The van der Waals surface area contributed by atoms with Crippen molar-refractivity contribution in [2.75, 3.05) is 25.6 Å². The second kappa shape index (κ2) is 7.74. The Hall–Kier alpha value is -3.28. The highest BCUT2D eigenvalue weighted by atomic mass is 16.5. The number of hydrogen-bond acceptors (Lipinski definition) is 5. The molecule has 1 amide bonds. The molecule has 0 saturated carbocycles. The Morgan fingerprint density at radius 2 is 2.08 bits per heavy atom. The van der Waals surface area contributed by atoms with Crippen molar-refractivity contribution in [1.29, 1.82) is 0 Å². The predicted molar refractivity (Wildman–Crippen MR) is 98.1 cm³/mol. The number of hydrogen-bond donors (Lipinski definition) is 1. The molecule has 0 radical (unpaired) electrons. The molecule has 6 nitrogen and oxygen atoms in total. The molecule has 0 aromatic heterocycles. The molecule has 0 bridgehead atoms. The summed E-state index contributed by atoms with van der Waals surface area (Å²) in [6.07, 6.45) is 3.18. The van der Waals surface area contributed by atoms with E-state index >= 15 is 0 Å². The van der Waals surface area contributed by atoms with E-state index in [4.69, 9.17) is 14.2 Å². The largest absolute Gasteiger partial charge is 0.493 e. The summed E-state index contributed by atoms with van der Waals surface area (Å²) in [5, 5.41) is 2.69. The zero-order valence-corrected chi connectivity index (χ0v) is 14.6. The maximum Gasteiger partial charge on any atom is 0.262 e. The number of allylic oxidation sites excluding steroid dienone is 1. The molecule has 0 saturated heterocycles. The first-order valence-corrected chi connectivity index (χ1v) is 8.20. The summed E-state index contributed by atoms with van der Waals surface area (Å²) in [6, 6.07) is 10.4. The van der Waals surface area contributed by atoms with Gasteiger partial charge in [-0.2, -0.15) is 0 Å². The molecule has 1 N–H and O–H groups in total. The molecular formula is C20H19NO5. The molecule has 134 valence electrons. The average molecular weight is 353 g/mol. The van der Waals surface area contributed by atoms with Crippen molar-refractivity contribution in [2.45, 2.75) is 6.92 Å². The van der Waals surface area contributed by atoms with E-state index in [1.165, 1.54) is 6.08 Å². The van der Waals surface area contributed by atoms with Crippen LogP contribution in [-0.4, -0.2) is 32.0 Å². The van der Waals surface area contributed by atoms with E-state index in [0.29, 0.717) is 35.1 Å². The Labute approximate surface area is 151 Å². The average Bonchev–Trinajstić information content (AvgIpc) is 2.66. The van der Waals surface area contributed by atoms with Crippen molar-refractivity contribution in [3.8, 4) is 17.2 Å². The van der Waals surface area contributed by atoms with Gasteiger partial charge in [-0.05, 0) is 48.9 Å². The number of ketones is 1. The number of fused-ring (bicyclic) bond motifs is 1. The number of benzene rings is 2.